The Morgan fingerprint density at radius 2 is 2.07 bits per heavy atom. The molecule has 0 aliphatic carbocycles. The van der Waals surface area contributed by atoms with Crippen LogP contribution in [0.4, 0.5) is 0 Å². The second kappa shape index (κ2) is 7.76. The van der Waals surface area contributed by atoms with E-state index >= 15 is 0 Å². The van der Waals surface area contributed by atoms with Crippen molar-refractivity contribution in [2.45, 2.75) is 51.7 Å². The molecule has 4 heteroatoms. The third-order valence-corrected chi connectivity index (χ3v) is 2.17. The van der Waals surface area contributed by atoms with Crippen molar-refractivity contribution in [1.82, 2.24) is 5.32 Å². The van der Waals surface area contributed by atoms with Gasteiger partial charge in [0, 0.05) is 12.6 Å². The van der Waals surface area contributed by atoms with E-state index in [-0.39, 0.29) is 5.91 Å². The molecule has 4 nitrogen and oxygen atoms in total. The van der Waals surface area contributed by atoms with Gasteiger partial charge in [0.1, 0.15) is 6.10 Å². The molecule has 0 bridgehead atoms. The molecule has 0 saturated heterocycles. The van der Waals surface area contributed by atoms with Gasteiger partial charge in [-0.25, -0.2) is 0 Å². The fourth-order valence-corrected chi connectivity index (χ4v) is 1.26. The number of nitrogens with one attached hydrogen (secondary N) is 1. The highest BCUT2D eigenvalue weighted by Crippen LogP contribution is 2.04. The highest BCUT2D eigenvalue weighted by Gasteiger charge is 2.21. The lowest BCUT2D eigenvalue weighted by molar-refractivity contribution is -0.130. The summed E-state index contributed by atoms with van der Waals surface area (Å²) in [5.41, 5.74) is 5.68. The van der Waals surface area contributed by atoms with Crippen LogP contribution in [-0.2, 0) is 4.79 Å². The van der Waals surface area contributed by atoms with Gasteiger partial charge in [0.05, 0.1) is 0 Å². The molecule has 0 fully saturated rings. The molecule has 2 atom stereocenters. The molecule has 1 amide bonds. The number of amides is 1. The average Bonchev–Trinajstić information content (AvgIpc) is 2.17. The van der Waals surface area contributed by atoms with Gasteiger partial charge in [-0.2, -0.15) is 0 Å². The van der Waals surface area contributed by atoms with Gasteiger partial charge < -0.3 is 16.2 Å². The van der Waals surface area contributed by atoms with Gasteiger partial charge in [-0.1, -0.05) is 26.2 Å². The highest BCUT2D eigenvalue weighted by molar-refractivity contribution is 5.81. The first-order valence-electron chi connectivity index (χ1n) is 5.34. The number of carbonyl (C=O) groups is 1. The summed E-state index contributed by atoms with van der Waals surface area (Å²) in [6, 6.07) is -0.437. The number of carbonyl (C=O) groups excluding carboxylic acids is 1. The Morgan fingerprint density at radius 3 is 2.57 bits per heavy atom. The Kier molecular flexibility index (Phi) is 7.42. The van der Waals surface area contributed by atoms with Gasteiger partial charge in [0.2, 0.25) is 5.91 Å². The van der Waals surface area contributed by atoms with E-state index in [0.29, 0.717) is 13.0 Å². The molecule has 0 aromatic heterocycles. The van der Waals surface area contributed by atoms with Gasteiger partial charge >= 0.3 is 0 Å². The number of nitrogens with two attached hydrogens (primary N) is 1. The number of likely N-dealkylation sites (N-methyl/N-ethyl adjacent to an activating group) is 1. The second-order valence-corrected chi connectivity index (χ2v) is 3.50. The third kappa shape index (κ3) is 5.19. The maximum atomic E-state index is 11.2. The van der Waals surface area contributed by atoms with E-state index in [2.05, 4.69) is 12.2 Å². The molecule has 0 rings (SSSR count). The van der Waals surface area contributed by atoms with Crippen LogP contribution in [0.25, 0.3) is 0 Å². The molecule has 0 aliphatic rings. The first-order chi connectivity index (χ1) is 6.63. The first kappa shape index (κ1) is 13.4. The van der Waals surface area contributed by atoms with Gasteiger partial charge in [0.15, 0.2) is 0 Å². The van der Waals surface area contributed by atoms with Gasteiger partial charge in [-0.05, 0) is 13.3 Å². The van der Waals surface area contributed by atoms with E-state index in [9.17, 15) is 9.90 Å². The van der Waals surface area contributed by atoms with E-state index in [1.165, 1.54) is 0 Å². The summed E-state index contributed by atoms with van der Waals surface area (Å²) in [7, 11) is 0. The van der Waals surface area contributed by atoms with Crippen LogP contribution in [0.1, 0.15) is 39.5 Å². The summed E-state index contributed by atoms with van der Waals surface area (Å²) >= 11 is 0. The maximum Gasteiger partial charge on any atom is 0.250 e. The van der Waals surface area contributed by atoms with Crippen molar-refractivity contribution in [3.05, 3.63) is 0 Å². The zero-order chi connectivity index (χ0) is 11.0. The van der Waals surface area contributed by atoms with Crippen LogP contribution in [-0.4, -0.2) is 29.7 Å². The molecule has 4 N–H and O–H groups in total. The van der Waals surface area contributed by atoms with Crippen LogP contribution in [0, 0.1) is 0 Å². The summed E-state index contributed by atoms with van der Waals surface area (Å²) in [5, 5.41) is 12.0. The molecule has 0 radical (unpaired) electrons. The number of rotatable bonds is 7. The molecular formula is C10H22N2O2. The number of hydrogen-bond donors (Lipinski definition) is 3. The molecule has 0 spiro atoms. The third-order valence-electron chi connectivity index (χ3n) is 2.17. The number of aliphatic hydroxyl groups is 1. The molecule has 0 aromatic rings. The summed E-state index contributed by atoms with van der Waals surface area (Å²) in [6.45, 7) is 4.44. The van der Waals surface area contributed by atoms with E-state index in [1.54, 1.807) is 0 Å². The van der Waals surface area contributed by atoms with Gasteiger partial charge in [-0.3, -0.25) is 4.79 Å². The van der Waals surface area contributed by atoms with Crippen LogP contribution >= 0.6 is 0 Å². The minimum absolute atomic E-state index is 0.364. The van der Waals surface area contributed by atoms with Crippen molar-refractivity contribution in [3.63, 3.8) is 0 Å². The largest absolute Gasteiger partial charge is 0.382 e. The maximum absolute atomic E-state index is 11.2. The standard InChI is InChI=1S/C10H22N2O2/c1-3-5-6-7-8(11)9(13)10(14)12-4-2/h8-9,13H,3-7,11H2,1-2H3,(H,12,14)/t8-,9-/m0/s1. The van der Waals surface area contributed by atoms with Crippen molar-refractivity contribution in [1.29, 1.82) is 0 Å². The first-order valence-corrected chi connectivity index (χ1v) is 5.34. The smallest absolute Gasteiger partial charge is 0.250 e. The van der Waals surface area contributed by atoms with Gasteiger partial charge in [-0.15, -0.1) is 0 Å². The molecule has 0 aliphatic heterocycles. The molecule has 0 saturated carbocycles. The molecule has 84 valence electrons. The summed E-state index contributed by atoms with van der Waals surface area (Å²) in [5.74, 6) is -0.364. The normalized spacial score (nSPS) is 14.9. The lowest BCUT2D eigenvalue weighted by Crippen LogP contribution is -2.46. The van der Waals surface area contributed by atoms with Gasteiger partial charge in [0.25, 0.3) is 0 Å². The monoisotopic (exact) mass is 202 g/mol. The predicted octanol–water partition coefficient (Wildman–Crippen LogP) is 0.391. The summed E-state index contributed by atoms with van der Waals surface area (Å²) in [4.78, 5) is 11.2. The topological polar surface area (TPSA) is 75.3 Å². The zero-order valence-electron chi connectivity index (χ0n) is 9.12. The zero-order valence-corrected chi connectivity index (χ0v) is 9.12. The Morgan fingerprint density at radius 1 is 1.43 bits per heavy atom. The SMILES string of the molecule is CCCCC[C@H](N)[C@H](O)C(=O)NCC. The lowest BCUT2D eigenvalue weighted by Gasteiger charge is -2.17. The summed E-state index contributed by atoms with van der Waals surface area (Å²) in [6.07, 6.45) is 2.81. The van der Waals surface area contributed by atoms with Crippen molar-refractivity contribution < 1.29 is 9.90 Å². The molecule has 0 aromatic carbocycles. The molecular weight excluding hydrogens is 180 g/mol. The molecule has 14 heavy (non-hydrogen) atoms. The van der Waals surface area contributed by atoms with Crippen LogP contribution < -0.4 is 11.1 Å². The van der Waals surface area contributed by atoms with Crippen LogP contribution in [0.2, 0.25) is 0 Å². The van der Waals surface area contributed by atoms with Crippen molar-refractivity contribution in [3.8, 4) is 0 Å². The van der Waals surface area contributed by atoms with Crippen LogP contribution in [0.3, 0.4) is 0 Å². The molecule has 0 unspecified atom stereocenters. The minimum Gasteiger partial charge on any atom is -0.382 e. The van der Waals surface area contributed by atoms with Crippen LogP contribution in [0.5, 0.6) is 0 Å². The Hall–Kier alpha value is -0.610. The van der Waals surface area contributed by atoms with E-state index in [1.807, 2.05) is 6.92 Å². The Labute approximate surface area is 85.9 Å². The minimum atomic E-state index is -1.06. The van der Waals surface area contributed by atoms with Crippen LogP contribution in [0.15, 0.2) is 0 Å². The van der Waals surface area contributed by atoms with E-state index < -0.39 is 12.1 Å². The number of aliphatic hydroxyl groups excluding tert-OH is 1. The summed E-state index contributed by atoms with van der Waals surface area (Å²) < 4.78 is 0. The highest BCUT2D eigenvalue weighted by atomic mass is 16.3. The lowest BCUT2D eigenvalue weighted by atomic mass is 10.0. The van der Waals surface area contributed by atoms with Crippen molar-refractivity contribution in [2.24, 2.45) is 5.73 Å². The Bertz CT molecular complexity index is 162. The van der Waals surface area contributed by atoms with Crippen molar-refractivity contribution >= 4 is 5.91 Å². The number of hydrogen-bond acceptors (Lipinski definition) is 3. The average molecular weight is 202 g/mol. The quantitative estimate of drug-likeness (QED) is 0.523. The van der Waals surface area contributed by atoms with Crippen molar-refractivity contribution in [2.75, 3.05) is 6.54 Å². The fraction of sp³-hybridized carbons (Fsp3) is 0.900. The van der Waals surface area contributed by atoms with E-state index in [4.69, 9.17) is 5.73 Å². The molecule has 0 heterocycles. The number of unbranched alkanes of at least 4 members (excludes halogenated alkanes) is 2. The van der Waals surface area contributed by atoms with E-state index in [0.717, 1.165) is 19.3 Å². The second-order valence-electron chi connectivity index (χ2n) is 3.50. The predicted molar refractivity (Wildman–Crippen MR) is 56.8 cm³/mol. The fourth-order valence-electron chi connectivity index (χ4n) is 1.26. The Balaban J connectivity index is 3.74.